The number of nitrogens with zero attached hydrogens (tertiary/aromatic N) is 1. The largest absolute Gasteiger partial charge is 0.508 e. The summed E-state index contributed by atoms with van der Waals surface area (Å²) < 4.78 is 0. The minimum absolute atomic E-state index is 0.0632. The zero-order valence-corrected chi connectivity index (χ0v) is 11.9. The Morgan fingerprint density at radius 3 is 2.57 bits per heavy atom. The van der Waals surface area contributed by atoms with Crippen LogP contribution in [0.2, 0.25) is 0 Å². The molecule has 4 N–H and O–H groups in total. The Morgan fingerprint density at radius 1 is 1.19 bits per heavy atom. The first-order valence-electron chi connectivity index (χ1n) is 6.54. The lowest BCUT2D eigenvalue weighted by atomic mass is 10.1. The van der Waals surface area contributed by atoms with E-state index >= 15 is 0 Å². The summed E-state index contributed by atoms with van der Waals surface area (Å²) in [6.07, 6.45) is 0. The normalized spacial score (nSPS) is 11.9. The van der Waals surface area contributed by atoms with Gasteiger partial charge in [-0.3, -0.25) is 4.79 Å². The fourth-order valence-electron chi connectivity index (χ4n) is 2.10. The average molecular weight is 286 g/mol. The standard InChI is InChI=1S/C16H18N2O3/c1-10(11-4-3-5-12(17)8-11)18(2)16(21)14-9-13(19)6-7-15(14)20/h3-10,19-20H,17H2,1-2H3. The molecule has 0 saturated carbocycles. The number of carbonyl (C=O) groups is 1. The van der Waals surface area contributed by atoms with E-state index in [1.165, 1.54) is 23.1 Å². The molecule has 5 heteroatoms. The van der Waals surface area contributed by atoms with Gasteiger partial charge < -0.3 is 20.8 Å². The molecule has 5 nitrogen and oxygen atoms in total. The number of benzene rings is 2. The van der Waals surface area contributed by atoms with Crippen molar-refractivity contribution in [2.75, 3.05) is 12.8 Å². The number of hydrogen-bond donors (Lipinski definition) is 3. The van der Waals surface area contributed by atoms with Crippen LogP contribution >= 0.6 is 0 Å². The van der Waals surface area contributed by atoms with Crippen molar-refractivity contribution >= 4 is 11.6 Å². The third-order valence-corrected chi connectivity index (χ3v) is 3.50. The van der Waals surface area contributed by atoms with Crippen LogP contribution < -0.4 is 5.73 Å². The Balaban J connectivity index is 2.28. The molecule has 2 aromatic carbocycles. The van der Waals surface area contributed by atoms with Gasteiger partial charge in [-0.05, 0) is 42.8 Å². The quantitative estimate of drug-likeness (QED) is 0.597. The number of phenols is 2. The lowest BCUT2D eigenvalue weighted by Gasteiger charge is -2.26. The number of rotatable bonds is 3. The van der Waals surface area contributed by atoms with Crippen molar-refractivity contribution in [2.24, 2.45) is 0 Å². The van der Waals surface area contributed by atoms with Crippen LogP contribution in [0.1, 0.15) is 28.9 Å². The maximum absolute atomic E-state index is 12.4. The Labute approximate surface area is 123 Å². The first-order chi connectivity index (χ1) is 9.90. The summed E-state index contributed by atoms with van der Waals surface area (Å²) in [5.74, 6) is -0.607. The molecule has 2 rings (SSSR count). The van der Waals surface area contributed by atoms with Gasteiger partial charge in [0.25, 0.3) is 5.91 Å². The second-order valence-electron chi connectivity index (χ2n) is 4.96. The predicted octanol–water partition coefficient (Wildman–Crippen LogP) is 2.51. The molecular weight excluding hydrogens is 268 g/mol. The Hall–Kier alpha value is -2.69. The van der Waals surface area contributed by atoms with Crippen LogP contribution in [0.5, 0.6) is 11.5 Å². The molecule has 1 atom stereocenters. The molecule has 0 fully saturated rings. The number of aromatic hydroxyl groups is 2. The molecule has 0 bridgehead atoms. The van der Waals surface area contributed by atoms with Crippen LogP contribution in [0.3, 0.4) is 0 Å². The van der Waals surface area contributed by atoms with E-state index in [-0.39, 0.29) is 29.0 Å². The smallest absolute Gasteiger partial charge is 0.257 e. The molecule has 110 valence electrons. The average Bonchev–Trinajstić information content (AvgIpc) is 2.47. The summed E-state index contributed by atoms with van der Waals surface area (Å²) in [5, 5.41) is 19.2. The molecule has 0 aliphatic carbocycles. The van der Waals surface area contributed by atoms with Crippen LogP contribution in [0.25, 0.3) is 0 Å². The number of carbonyl (C=O) groups excluding carboxylic acids is 1. The third-order valence-electron chi connectivity index (χ3n) is 3.50. The van der Waals surface area contributed by atoms with Gasteiger partial charge in [-0.2, -0.15) is 0 Å². The van der Waals surface area contributed by atoms with Crippen LogP contribution in [-0.4, -0.2) is 28.1 Å². The minimum atomic E-state index is -0.377. The molecule has 1 unspecified atom stereocenters. The van der Waals surface area contributed by atoms with E-state index in [1.54, 1.807) is 19.2 Å². The fraction of sp³-hybridized carbons (Fsp3) is 0.188. The van der Waals surface area contributed by atoms with E-state index < -0.39 is 0 Å². The summed E-state index contributed by atoms with van der Waals surface area (Å²) in [6, 6.07) is 10.9. The lowest BCUT2D eigenvalue weighted by molar-refractivity contribution is 0.0739. The van der Waals surface area contributed by atoms with Gasteiger partial charge in [0.15, 0.2) is 0 Å². The van der Waals surface area contributed by atoms with Gasteiger partial charge in [0.1, 0.15) is 11.5 Å². The molecule has 0 aliphatic rings. The highest BCUT2D eigenvalue weighted by Gasteiger charge is 2.21. The Morgan fingerprint density at radius 2 is 1.90 bits per heavy atom. The number of nitrogen functional groups attached to an aromatic ring is 1. The predicted molar refractivity (Wildman–Crippen MR) is 81.1 cm³/mol. The van der Waals surface area contributed by atoms with Gasteiger partial charge in [-0.15, -0.1) is 0 Å². The maximum atomic E-state index is 12.4. The maximum Gasteiger partial charge on any atom is 0.257 e. The summed E-state index contributed by atoms with van der Waals surface area (Å²) in [4.78, 5) is 13.9. The molecule has 21 heavy (non-hydrogen) atoms. The second kappa shape index (κ2) is 5.75. The Bertz CT molecular complexity index is 670. The van der Waals surface area contributed by atoms with Crippen LogP contribution in [0.4, 0.5) is 5.69 Å². The summed E-state index contributed by atoms with van der Waals surface area (Å²) >= 11 is 0. The highest BCUT2D eigenvalue weighted by Crippen LogP contribution is 2.27. The highest BCUT2D eigenvalue weighted by molar-refractivity contribution is 5.97. The highest BCUT2D eigenvalue weighted by atomic mass is 16.3. The number of hydrogen-bond acceptors (Lipinski definition) is 4. The number of anilines is 1. The first kappa shape index (κ1) is 14.7. The first-order valence-corrected chi connectivity index (χ1v) is 6.54. The molecule has 0 spiro atoms. The minimum Gasteiger partial charge on any atom is -0.508 e. The van der Waals surface area contributed by atoms with Gasteiger partial charge in [-0.25, -0.2) is 0 Å². The van der Waals surface area contributed by atoms with Crippen molar-refractivity contribution in [1.29, 1.82) is 0 Å². The van der Waals surface area contributed by atoms with Gasteiger partial charge in [0.05, 0.1) is 11.6 Å². The third kappa shape index (κ3) is 3.08. The van der Waals surface area contributed by atoms with Crippen LogP contribution in [0.15, 0.2) is 42.5 Å². The SMILES string of the molecule is CC(c1cccc(N)c1)N(C)C(=O)c1cc(O)ccc1O. The molecular formula is C16H18N2O3. The molecule has 1 amide bonds. The van der Waals surface area contributed by atoms with Gasteiger partial charge >= 0.3 is 0 Å². The van der Waals surface area contributed by atoms with Crippen molar-refractivity contribution < 1.29 is 15.0 Å². The number of nitrogens with two attached hydrogens (primary N) is 1. The monoisotopic (exact) mass is 286 g/mol. The lowest BCUT2D eigenvalue weighted by Crippen LogP contribution is -2.29. The fourth-order valence-corrected chi connectivity index (χ4v) is 2.10. The van der Waals surface area contributed by atoms with E-state index in [2.05, 4.69) is 0 Å². The molecule has 0 heterocycles. The van der Waals surface area contributed by atoms with E-state index in [1.807, 2.05) is 19.1 Å². The van der Waals surface area contributed by atoms with Crippen molar-refractivity contribution in [2.45, 2.75) is 13.0 Å². The van der Waals surface area contributed by atoms with E-state index in [0.717, 1.165) is 5.56 Å². The summed E-state index contributed by atoms with van der Waals surface area (Å²) in [7, 11) is 1.64. The molecule has 2 aromatic rings. The Kier molecular flexibility index (Phi) is 4.03. The van der Waals surface area contributed by atoms with Crippen LogP contribution in [0, 0.1) is 0 Å². The van der Waals surface area contributed by atoms with Gasteiger partial charge in [-0.1, -0.05) is 12.1 Å². The number of amides is 1. The van der Waals surface area contributed by atoms with E-state index in [9.17, 15) is 15.0 Å². The van der Waals surface area contributed by atoms with Crippen molar-refractivity contribution in [3.63, 3.8) is 0 Å². The second-order valence-corrected chi connectivity index (χ2v) is 4.96. The van der Waals surface area contributed by atoms with Crippen LogP contribution in [-0.2, 0) is 0 Å². The van der Waals surface area contributed by atoms with E-state index in [0.29, 0.717) is 5.69 Å². The summed E-state index contributed by atoms with van der Waals surface area (Å²) in [6.45, 7) is 1.87. The van der Waals surface area contributed by atoms with Gasteiger partial charge in [0, 0.05) is 12.7 Å². The molecule has 0 aliphatic heterocycles. The zero-order chi connectivity index (χ0) is 15.6. The topological polar surface area (TPSA) is 86.8 Å². The number of phenolic OH excluding ortho intramolecular Hbond substituents is 2. The molecule has 0 saturated heterocycles. The van der Waals surface area contributed by atoms with Crippen molar-refractivity contribution in [3.05, 3.63) is 53.6 Å². The van der Waals surface area contributed by atoms with Gasteiger partial charge in [0.2, 0.25) is 0 Å². The summed E-state index contributed by atoms with van der Waals surface area (Å²) in [5.41, 5.74) is 7.33. The molecule has 0 aromatic heterocycles. The van der Waals surface area contributed by atoms with Crippen molar-refractivity contribution in [3.8, 4) is 11.5 Å². The van der Waals surface area contributed by atoms with E-state index in [4.69, 9.17) is 5.73 Å². The molecule has 0 radical (unpaired) electrons. The van der Waals surface area contributed by atoms with Crippen molar-refractivity contribution in [1.82, 2.24) is 4.90 Å². The zero-order valence-electron chi connectivity index (χ0n) is 11.9.